The van der Waals surface area contributed by atoms with Gasteiger partial charge < -0.3 is 9.64 Å². The normalized spacial score (nSPS) is 16.3. The van der Waals surface area contributed by atoms with E-state index in [4.69, 9.17) is 4.74 Å². The highest BCUT2D eigenvalue weighted by Gasteiger charge is 2.23. The first-order valence-corrected chi connectivity index (χ1v) is 7.52. The quantitative estimate of drug-likeness (QED) is 0.644. The van der Waals surface area contributed by atoms with Crippen molar-refractivity contribution in [3.63, 3.8) is 0 Å². The molecule has 1 amide bonds. The van der Waals surface area contributed by atoms with Gasteiger partial charge in [0, 0.05) is 41.4 Å². The van der Waals surface area contributed by atoms with Crippen LogP contribution in [0, 0.1) is 0 Å². The molecule has 0 spiro atoms. The van der Waals surface area contributed by atoms with E-state index in [1.165, 1.54) is 0 Å². The fourth-order valence-electron chi connectivity index (χ4n) is 2.45. The maximum atomic E-state index is 12.2. The third-order valence-electron chi connectivity index (χ3n) is 3.60. The van der Waals surface area contributed by atoms with Crippen LogP contribution in [0.5, 0.6) is 0 Å². The van der Waals surface area contributed by atoms with Crippen LogP contribution in [0.3, 0.4) is 0 Å². The van der Waals surface area contributed by atoms with Gasteiger partial charge in [0.15, 0.2) is 0 Å². The number of esters is 1. The van der Waals surface area contributed by atoms with Crippen molar-refractivity contribution in [3.05, 3.63) is 35.2 Å². The minimum absolute atomic E-state index is 0.0858. The minimum Gasteiger partial charge on any atom is -0.459 e. The van der Waals surface area contributed by atoms with Gasteiger partial charge in [-0.2, -0.15) is 0 Å². The zero-order valence-corrected chi connectivity index (χ0v) is 11.8. The Balaban J connectivity index is 1.69. The van der Waals surface area contributed by atoms with Gasteiger partial charge in [0.1, 0.15) is 6.10 Å². The van der Waals surface area contributed by atoms with Gasteiger partial charge in [-0.05, 0) is 6.07 Å². The number of ether oxygens (including phenoxy) is 1. The molecule has 104 valence electrons. The smallest absolute Gasteiger partial charge is 0.339 e. The van der Waals surface area contributed by atoms with Gasteiger partial charge in [-0.1, -0.05) is 18.2 Å². The number of likely N-dealkylation sites (tertiary alicyclic amines) is 1. The summed E-state index contributed by atoms with van der Waals surface area (Å²) < 4.78 is 6.65. The van der Waals surface area contributed by atoms with Crippen LogP contribution in [0.4, 0.5) is 0 Å². The first-order chi connectivity index (χ1) is 9.78. The highest BCUT2D eigenvalue weighted by atomic mass is 32.1. The number of piperidine rings is 1. The second-order valence-corrected chi connectivity index (χ2v) is 5.80. The van der Waals surface area contributed by atoms with Crippen LogP contribution in [-0.4, -0.2) is 36.5 Å². The Labute approximate surface area is 120 Å². The molecule has 2 heterocycles. The molecule has 0 radical (unpaired) electrons. The standard InChI is InChI=1S/C15H15NO3S/c17-10-16-7-5-11(6-8-16)19-15(18)13-9-20-14-4-2-1-3-12(13)14/h1-4,9-11H,5-8H2. The molecule has 4 nitrogen and oxygen atoms in total. The molecule has 0 atom stereocenters. The zero-order chi connectivity index (χ0) is 13.9. The number of carbonyl (C=O) groups is 2. The lowest BCUT2D eigenvalue weighted by atomic mass is 10.1. The van der Waals surface area contributed by atoms with Crippen LogP contribution in [0.1, 0.15) is 23.2 Å². The summed E-state index contributed by atoms with van der Waals surface area (Å²) in [5.41, 5.74) is 0.642. The number of fused-ring (bicyclic) bond motifs is 1. The Bertz CT molecular complexity index is 629. The van der Waals surface area contributed by atoms with E-state index >= 15 is 0 Å². The predicted molar refractivity (Wildman–Crippen MR) is 77.9 cm³/mol. The van der Waals surface area contributed by atoms with Crippen LogP contribution in [0.2, 0.25) is 0 Å². The lowest BCUT2D eigenvalue weighted by molar-refractivity contribution is -0.120. The van der Waals surface area contributed by atoms with Crippen LogP contribution < -0.4 is 0 Å². The van der Waals surface area contributed by atoms with Crippen molar-refractivity contribution in [2.45, 2.75) is 18.9 Å². The van der Waals surface area contributed by atoms with Crippen LogP contribution in [-0.2, 0) is 9.53 Å². The summed E-state index contributed by atoms with van der Waals surface area (Å²) in [5.74, 6) is -0.257. The molecule has 1 saturated heterocycles. The predicted octanol–water partition coefficient (Wildman–Crippen LogP) is 2.68. The summed E-state index contributed by atoms with van der Waals surface area (Å²) in [6.07, 6.45) is 2.20. The lowest BCUT2D eigenvalue weighted by Crippen LogP contribution is -2.36. The summed E-state index contributed by atoms with van der Waals surface area (Å²) in [4.78, 5) is 24.6. The second kappa shape index (κ2) is 5.63. The van der Waals surface area contributed by atoms with Crippen molar-refractivity contribution < 1.29 is 14.3 Å². The molecule has 1 fully saturated rings. The third kappa shape index (κ3) is 2.54. The van der Waals surface area contributed by atoms with Gasteiger partial charge in [-0.3, -0.25) is 4.79 Å². The van der Waals surface area contributed by atoms with Crippen LogP contribution >= 0.6 is 11.3 Å². The van der Waals surface area contributed by atoms with Crippen molar-refractivity contribution in [3.8, 4) is 0 Å². The molecule has 5 heteroatoms. The van der Waals surface area contributed by atoms with Gasteiger partial charge in [0.2, 0.25) is 6.41 Å². The number of amides is 1. The molecule has 20 heavy (non-hydrogen) atoms. The third-order valence-corrected chi connectivity index (χ3v) is 4.56. The topological polar surface area (TPSA) is 46.6 Å². The second-order valence-electron chi connectivity index (χ2n) is 4.89. The van der Waals surface area contributed by atoms with Gasteiger partial charge >= 0.3 is 5.97 Å². The minimum atomic E-state index is -0.257. The fraction of sp³-hybridized carbons (Fsp3) is 0.333. The Hall–Kier alpha value is -1.88. The average molecular weight is 289 g/mol. The monoisotopic (exact) mass is 289 g/mol. The molecule has 2 aromatic rings. The molecule has 1 aromatic heterocycles. The van der Waals surface area contributed by atoms with E-state index in [1.807, 2.05) is 29.6 Å². The molecule has 0 bridgehead atoms. The Kier molecular flexibility index (Phi) is 3.69. The van der Waals surface area contributed by atoms with E-state index in [0.29, 0.717) is 31.5 Å². The van der Waals surface area contributed by atoms with Crippen LogP contribution in [0.15, 0.2) is 29.6 Å². The first kappa shape index (κ1) is 13.1. The van der Waals surface area contributed by atoms with E-state index < -0.39 is 0 Å². The summed E-state index contributed by atoms with van der Waals surface area (Å²) in [7, 11) is 0. The Morgan fingerprint density at radius 3 is 2.80 bits per heavy atom. The number of carbonyl (C=O) groups excluding carboxylic acids is 2. The Morgan fingerprint density at radius 2 is 2.05 bits per heavy atom. The number of thiophene rings is 1. The van der Waals surface area contributed by atoms with Crippen molar-refractivity contribution >= 4 is 33.8 Å². The molecule has 1 aliphatic rings. The van der Waals surface area contributed by atoms with Crippen molar-refractivity contribution in [2.24, 2.45) is 0 Å². The fourth-order valence-corrected chi connectivity index (χ4v) is 3.38. The van der Waals surface area contributed by atoms with Crippen molar-refractivity contribution in [1.82, 2.24) is 4.90 Å². The highest BCUT2D eigenvalue weighted by Crippen LogP contribution is 2.27. The van der Waals surface area contributed by atoms with Gasteiger partial charge in [0.25, 0.3) is 0 Å². The number of nitrogens with zero attached hydrogens (tertiary/aromatic N) is 1. The molecule has 0 aliphatic carbocycles. The number of rotatable bonds is 3. The van der Waals surface area contributed by atoms with Gasteiger partial charge in [0.05, 0.1) is 5.56 Å². The number of benzene rings is 1. The summed E-state index contributed by atoms with van der Waals surface area (Å²) in [6, 6.07) is 7.83. The zero-order valence-electron chi connectivity index (χ0n) is 11.0. The van der Waals surface area contributed by atoms with Gasteiger partial charge in [-0.25, -0.2) is 4.79 Å². The largest absolute Gasteiger partial charge is 0.459 e. The highest BCUT2D eigenvalue weighted by molar-refractivity contribution is 7.17. The van der Waals surface area contributed by atoms with E-state index in [9.17, 15) is 9.59 Å². The summed E-state index contributed by atoms with van der Waals surface area (Å²) in [6.45, 7) is 1.32. The SMILES string of the molecule is O=CN1CCC(OC(=O)c2csc3ccccc23)CC1. The van der Waals surface area contributed by atoms with Crippen molar-refractivity contribution in [2.75, 3.05) is 13.1 Å². The van der Waals surface area contributed by atoms with E-state index in [2.05, 4.69) is 0 Å². The molecule has 0 unspecified atom stereocenters. The molecule has 0 saturated carbocycles. The average Bonchev–Trinajstić information content (AvgIpc) is 2.92. The maximum Gasteiger partial charge on any atom is 0.339 e. The summed E-state index contributed by atoms with van der Waals surface area (Å²) >= 11 is 1.55. The lowest BCUT2D eigenvalue weighted by Gasteiger charge is -2.28. The maximum absolute atomic E-state index is 12.2. The molecular weight excluding hydrogens is 274 g/mol. The molecule has 0 N–H and O–H groups in total. The Morgan fingerprint density at radius 1 is 1.30 bits per heavy atom. The van der Waals surface area contributed by atoms with Crippen molar-refractivity contribution in [1.29, 1.82) is 0 Å². The number of hydrogen-bond donors (Lipinski definition) is 0. The summed E-state index contributed by atoms with van der Waals surface area (Å²) in [5, 5.41) is 2.81. The molecule has 1 aliphatic heterocycles. The van der Waals surface area contributed by atoms with E-state index in [-0.39, 0.29) is 12.1 Å². The molecule has 1 aromatic carbocycles. The first-order valence-electron chi connectivity index (χ1n) is 6.64. The molecular formula is C15H15NO3S. The molecule has 3 rings (SSSR count). The van der Waals surface area contributed by atoms with Crippen LogP contribution in [0.25, 0.3) is 10.1 Å². The van der Waals surface area contributed by atoms with E-state index in [0.717, 1.165) is 16.5 Å². The number of hydrogen-bond acceptors (Lipinski definition) is 4. The van der Waals surface area contributed by atoms with Gasteiger partial charge in [-0.15, -0.1) is 11.3 Å². The van der Waals surface area contributed by atoms with E-state index in [1.54, 1.807) is 16.2 Å².